The molecule has 120 valence electrons. The maximum absolute atomic E-state index is 12.5. The normalized spacial score (nSPS) is 19.0. The van der Waals surface area contributed by atoms with Crippen molar-refractivity contribution in [1.29, 1.82) is 0 Å². The van der Waals surface area contributed by atoms with E-state index in [0.29, 0.717) is 5.13 Å². The molecule has 2 aliphatic carbocycles. The monoisotopic (exact) mass is 321 g/mol. The third kappa shape index (κ3) is 3.85. The fourth-order valence-electron chi connectivity index (χ4n) is 3.07. The van der Waals surface area contributed by atoms with Crippen LogP contribution in [0.4, 0.5) is 5.13 Å². The van der Waals surface area contributed by atoms with Crippen LogP contribution in [0.5, 0.6) is 0 Å². The summed E-state index contributed by atoms with van der Waals surface area (Å²) >= 11 is 1.42. The van der Waals surface area contributed by atoms with E-state index in [1.807, 2.05) is 17.2 Å². The van der Waals surface area contributed by atoms with Gasteiger partial charge < -0.3 is 10.2 Å². The Balaban J connectivity index is 1.63. The molecule has 0 spiro atoms. The minimum Gasteiger partial charge on any atom is -0.330 e. The molecule has 2 fully saturated rings. The van der Waals surface area contributed by atoms with Crippen molar-refractivity contribution in [2.24, 2.45) is 5.92 Å². The van der Waals surface area contributed by atoms with Crippen molar-refractivity contribution in [1.82, 2.24) is 9.88 Å². The van der Waals surface area contributed by atoms with Crippen LogP contribution in [0.25, 0.3) is 0 Å². The first-order chi connectivity index (χ1) is 10.6. The quantitative estimate of drug-likeness (QED) is 0.907. The van der Waals surface area contributed by atoms with Crippen molar-refractivity contribution >= 4 is 28.3 Å². The zero-order chi connectivity index (χ0) is 15.5. The third-order valence-electron chi connectivity index (χ3n) is 4.40. The average Bonchev–Trinajstić information content (AvgIpc) is 3.29. The number of hydrogen-bond donors (Lipinski definition) is 1. The van der Waals surface area contributed by atoms with Crippen LogP contribution in [0.2, 0.25) is 0 Å². The van der Waals surface area contributed by atoms with Crippen LogP contribution < -0.4 is 5.32 Å². The summed E-state index contributed by atoms with van der Waals surface area (Å²) in [7, 11) is 0. The number of hydrogen-bond acceptors (Lipinski definition) is 4. The molecular weight excluding hydrogens is 298 g/mol. The second-order valence-corrected chi connectivity index (χ2v) is 7.23. The summed E-state index contributed by atoms with van der Waals surface area (Å²) in [6, 6.07) is 0.241. The summed E-state index contributed by atoms with van der Waals surface area (Å²) in [6.45, 7) is 2.07. The number of amides is 2. The fraction of sp³-hybridized carbons (Fsp3) is 0.688. The number of anilines is 1. The number of carbonyl (C=O) groups excluding carboxylic acids is 2. The van der Waals surface area contributed by atoms with E-state index < -0.39 is 0 Å². The van der Waals surface area contributed by atoms with Gasteiger partial charge in [0.15, 0.2) is 5.13 Å². The van der Waals surface area contributed by atoms with Gasteiger partial charge >= 0.3 is 0 Å². The van der Waals surface area contributed by atoms with E-state index in [9.17, 15) is 9.59 Å². The van der Waals surface area contributed by atoms with Gasteiger partial charge in [-0.3, -0.25) is 9.59 Å². The lowest BCUT2D eigenvalue weighted by atomic mass is 9.94. The SMILES string of the molecule is Cc1csc(NC(=O)CN(C(=O)C2CC2)C2CCCCC2)n1. The van der Waals surface area contributed by atoms with Gasteiger partial charge in [-0.1, -0.05) is 19.3 Å². The van der Waals surface area contributed by atoms with Crippen LogP contribution in [0, 0.1) is 12.8 Å². The van der Waals surface area contributed by atoms with Crippen LogP contribution in [-0.4, -0.2) is 34.3 Å². The Morgan fingerprint density at radius 3 is 2.59 bits per heavy atom. The van der Waals surface area contributed by atoms with E-state index in [2.05, 4.69) is 10.3 Å². The van der Waals surface area contributed by atoms with Crippen LogP contribution >= 0.6 is 11.3 Å². The lowest BCUT2D eigenvalue weighted by Crippen LogP contribution is -2.46. The van der Waals surface area contributed by atoms with Crippen molar-refractivity contribution in [3.05, 3.63) is 11.1 Å². The Hall–Kier alpha value is -1.43. The van der Waals surface area contributed by atoms with Crippen molar-refractivity contribution in [3.63, 3.8) is 0 Å². The minimum absolute atomic E-state index is 0.131. The molecule has 2 amide bonds. The maximum Gasteiger partial charge on any atom is 0.245 e. The van der Waals surface area contributed by atoms with Gasteiger partial charge in [0.1, 0.15) is 6.54 Å². The van der Waals surface area contributed by atoms with Crippen molar-refractivity contribution in [2.75, 3.05) is 11.9 Å². The third-order valence-corrected chi connectivity index (χ3v) is 5.28. The Kier molecular flexibility index (Phi) is 4.76. The zero-order valence-corrected chi connectivity index (χ0v) is 13.8. The first-order valence-corrected chi connectivity index (χ1v) is 9.04. The lowest BCUT2D eigenvalue weighted by molar-refractivity contribution is -0.138. The first-order valence-electron chi connectivity index (χ1n) is 8.16. The molecule has 1 aromatic heterocycles. The van der Waals surface area contributed by atoms with Crippen LogP contribution in [0.3, 0.4) is 0 Å². The Morgan fingerprint density at radius 2 is 2.00 bits per heavy atom. The van der Waals surface area contributed by atoms with Gasteiger partial charge in [-0.2, -0.15) is 0 Å². The first kappa shape index (κ1) is 15.5. The number of carbonyl (C=O) groups is 2. The topological polar surface area (TPSA) is 62.3 Å². The predicted molar refractivity (Wildman–Crippen MR) is 86.8 cm³/mol. The Bertz CT molecular complexity index is 547. The molecular formula is C16H23N3O2S. The average molecular weight is 321 g/mol. The summed E-state index contributed by atoms with van der Waals surface area (Å²) in [5, 5.41) is 5.34. The van der Waals surface area contributed by atoms with Crippen LogP contribution in [-0.2, 0) is 9.59 Å². The van der Waals surface area contributed by atoms with Gasteiger partial charge in [0.05, 0.1) is 5.69 Å². The van der Waals surface area contributed by atoms with E-state index in [1.54, 1.807) is 0 Å². The largest absolute Gasteiger partial charge is 0.330 e. The van der Waals surface area contributed by atoms with Gasteiger partial charge in [0, 0.05) is 17.3 Å². The molecule has 2 aliphatic rings. The van der Waals surface area contributed by atoms with Crippen molar-refractivity contribution in [2.45, 2.75) is 57.9 Å². The highest BCUT2D eigenvalue weighted by atomic mass is 32.1. The highest BCUT2D eigenvalue weighted by Crippen LogP contribution is 2.33. The molecule has 0 atom stereocenters. The second kappa shape index (κ2) is 6.77. The lowest BCUT2D eigenvalue weighted by Gasteiger charge is -2.34. The van der Waals surface area contributed by atoms with Gasteiger partial charge in [-0.25, -0.2) is 4.98 Å². The van der Waals surface area contributed by atoms with Gasteiger partial charge in [-0.15, -0.1) is 11.3 Å². The summed E-state index contributed by atoms with van der Waals surface area (Å²) in [5.74, 6) is 0.211. The summed E-state index contributed by atoms with van der Waals surface area (Å²) in [4.78, 5) is 30.9. The molecule has 6 heteroatoms. The number of nitrogens with zero attached hydrogens (tertiary/aromatic N) is 2. The van der Waals surface area contributed by atoms with E-state index in [1.165, 1.54) is 17.8 Å². The van der Waals surface area contributed by atoms with E-state index >= 15 is 0 Å². The van der Waals surface area contributed by atoms with Crippen molar-refractivity contribution < 1.29 is 9.59 Å². The highest BCUT2D eigenvalue weighted by molar-refractivity contribution is 7.13. The van der Waals surface area contributed by atoms with Gasteiger partial charge in [0.25, 0.3) is 0 Å². The molecule has 22 heavy (non-hydrogen) atoms. The number of nitrogens with one attached hydrogen (secondary N) is 1. The molecule has 0 unspecified atom stereocenters. The van der Waals surface area contributed by atoms with Gasteiger partial charge in [0.2, 0.25) is 11.8 Å². The molecule has 2 saturated carbocycles. The molecule has 1 aromatic rings. The summed E-state index contributed by atoms with van der Waals surface area (Å²) < 4.78 is 0. The highest BCUT2D eigenvalue weighted by Gasteiger charge is 2.37. The molecule has 5 nitrogen and oxygen atoms in total. The van der Waals surface area contributed by atoms with Crippen LogP contribution in [0.15, 0.2) is 5.38 Å². The molecule has 0 aliphatic heterocycles. The number of aromatic nitrogens is 1. The molecule has 0 saturated heterocycles. The molecule has 3 rings (SSSR count). The number of thiazole rings is 1. The summed E-state index contributed by atoms with van der Waals surface area (Å²) in [5.41, 5.74) is 0.901. The standard InChI is InChI=1S/C16H23N3O2S/c1-11-10-22-16(17-11)18-14(20)9-19(15(21)12-7-8-12)13-5-3-2-4-6-13/h10,12-13H,2-9H2,1H3,(H,17,18,20). The van der Waals surface area contributed by atoms with E-state index in [4.69, 9.17) is 0 Å². The number of aryl methyl sites for hydroxylation is 1. The van der Waals surface area contributed by atoms with Crippen molar-refractivity contribution in [3.8, 4) is 0 Å². The minimum atomic E-state index is -0.131. The van der Waals surface area contributed by atoms with E-state index in [0.717, 1.165) is 44.2 Å². The number of rotatable bonds is 5. The molecule has 0 aromatic carbocycles. The zero-order valence-electron chi connectivity index (χ0n) is 13.0. The Labute approximate surface area is 135 Å². The fourth-order valence-corrected chi connectivity index (χ4v) is 3.77. The molecule has 0 radical (unpaired) electrons. The smallest absolute Gasteiger partial charge is 0.245 e. The molecule has 1 heterocycles. The van der Waals surface area contributed by atoms with Gasteiger partial charge in [-0.05, 0) is 32.6 Å². The molecule has 0 bridgehead atoms. The predicted octanol–water partition coefficient (Wildman–Crippen LogP) is 2.96. The van der Waals surface area contributed by atoms with Crippen LogP contribution in [0.1, 0.15) is 50.6 Å². The van der Waals surface area contributed by atoms with E-state index in [-0.39, 0.29) is 30.3 Å². The second-order valence-electron chi connectivity index (χ2n) is 6.37. The maximum atomic E-state index is 12.5. The molecule has 1 N–H and O–H groups in total. The Morgan fingerprint density at radius 1 is 1.27 bits per heavy atom. The summed E-state index contributed by atoms with van der Waals surface area (Å²) in [6.07, 6.45) is 7.58.